The van der Waals surface area contributed by atoms with Gasteiger partial charge in [-0.25, -0.2) is 0 Å². The molecule has 3 heteroatoms. The minimum atomic E-state index is 0.744. The molecule has 2 aliphatic carbocycles. The summed E-state index contributed by atoms with van der Waals surface area (Å²) in [6, 6.07) is 1.50. The van der Waals surface area contributed by atoms with E-state index >= 15 is 0 Å². The van der Waals surface area contributed by atoms with Crippen LogP contribution in [-0.4, -0.2) is 50.3 Å². The van der Waals surface area contributed by atoms with Crippen LogP contribution in [0.15, 0.2) is 0 Å². The van der Waals surface area contributed by atoms with Crippen LogP contribution in [0.4, 0.5) is 0 Å². The average Bonchev–Trinajstić information content (AvgIpc) is 3.25. The van der Waals surface area contributed by atoms with Crippen molar-refractivity contribution >= 4 is 0 Å². The van der Waals surface area contributed by atoms with Crippen LogP contribution in [-0.2, 0) is 4.74 Å². The third-order valence-corrected chi connectivity index (χ3v) is 4.59. The highest BCUT2D eigenvalue weighted by atomic mass is 16.5. The van der Waals surface area contributed by atoms with Crippen molar-refractivity contribution < 1.29 is 4.74 Å². The molecular weight excluding hydrogens is 236 g/mol. The SMILES string of the molecule is CCCNC1CCCC(N(C)CCOCC2CC2)C1. The van der Waals surface area contributed by atoms with Gasteiger partial charge < -0.3 is 15.0 Å². The van der Waals surface area contributed by atoms with E-state index < -0.39 is 0 Å². The van der Waals surface area contributed by atoms with E-state index in [1.54, 1.807) is 0 Å². The van der Waals surface area contributed by atoms with E-state index in [1.807, 2.05) is 0 Å². The van der Waals surface area contributed by atoms with E-state index in [2.05, 4.69) is 24.2 Å². The highest BCUT2D eigenvalue weighted by Crippen LogP contribution is 2.28. The first-order chi connectivity index (χ1) is 9.29. The molecule has 2 atom stereocenters. The zero-order valence-corrected chi connectivity index (χ0v) is 12.9. The molecule has 0 aliphatic heterocycles. The molecule has 1 N–H and O–H groups in total. The second-order valence-electron chi connectivity index (χ2n) is 6.47. The zero-order chi connectivity index (χ0) is 13.5. The molecule has 112 valence electrons. The standard InChI is InChI=1S/C16H32N2O/c1-3-9-17-15-5-4-6-16(12-15)18(2)10-11-19-13-14-7-8-14/h14-17H,3-13H2,1-2H3. The van der Waals surface area contributed by atoms with Crippen molar-refractivity contribution in [3.05, 3.63) is 0 Å². The van der Waals surface area contributed by atoms with Crippen molar-refractivity contribution in [2.45, 2.75) is 64.0 Å². The summed E-state index contributed by atoms with van der Waals surface area (Å²) in [5.41, 5.74) is 0. The fourth-order valence-electron chi connectivity index (χ4n) is 3.02. The summed E-state index contributed by atoms with van der Waals surface area (Å²) in [5, 5.41) is 3.69. The van der Waals surface area contributed by atoms with Crippen LogP contribution >= 0.6 is 0 Å². The largest absolute Gasteiger partial charge is 0.380 e. The molecule has 2 saturated carbocycles. The summed E-state index contributed by atoms with van der Waals surface area (Å²) < 4.78 is 5.75. The van der Waals surface area contributed by atoms with Crippen molar-refractivity contribution in [3.8, 4) is 0 Å². The van der Waals surface area contributed by atoms with Crippen LogP contribution < -0.4 is 5.32 Å². The Morgan fingerprint density at radius 2 is 2.05 bits per heavy atom. The predicted molar refractivity (Wildman–Crippen MR) is 80.5 cm³/mol. The van der Waals surface area contributed by atoms with Gasteiger partial charge in [-0.2, -0.15) is 0 Å². The Bertz CT molecular complexity index is 243. The summed E-state index contributed by atoms with van der Waals surface area (Å²) in [6.45, 7) is 6.43. The summed E-state index contributed by atoms with van der Waals surface area (Å²) >= 11 is 0. The van der Waals surface area contributed by atoms with Crippen molar-refractivity contribution in [2.75, 3.05) is 33.4 Å². The van der Waals surface area contributed by atoms with Crippen LogP contribution in [0.25, 0.3) is 0 Å². The Labute approximate surface area is 119 Å². The Morgan fingerprint density at radius 1 is 1.21 bits per heavy atom. The van der Waals surface area contributed by atoms with Crippen molar-refractivity contribution in [2.24, 2.45) is 5.92 Å². The Balaban J connectivity index is 1.58. The second-order valence-corrected chi connectivity index (χ2v) is 6.47. The number of nitrogens with one attached hydrogen (secondary N) is 1. The van der Waals surface area contributed by atoms with Gasteiger partial charge in [-0.15, -0.1) is 0 Å². The van der Waals surface area contributed by atoms with Gasteiger partial charge in [0.25, 0.3) is 0 Å². The fraction of sp³-hybridized carbons (Fsp3) is 1.00. The minimum absolute atomic E-state index is 0.744. The van der Waals surface area contributed by atoms with E-state index in [0.29, 0.717) is 0 Å². The number of likely N-dealkylation sites (N-methyl/N-ethyl adjacent to an activating group) is 1. The van der Waals surface area contributed by atoms with Crippen molar-refractivity contribution in [1.29, 1.82) is 0 Å². The topological polar surface area (TPSA) is 24.5 Å². The summed E-state index contributed by atoms with van der Waals surface area (Å²) in [4.78, 5) is 2.52. The van der Waals surface area contributed by atoms with E-state index in [9.17, 15) is 0 Å². The van der Waals surface area contributed by atoms with Crippen LogP contribution in [0.5, 0.6) is 0 Å². The molecule has 2 rings (SSSR count). The maximum absolute atomic E-state index is 5.75. The molecule has 0 heterocycles. The first-order valence-electron chi connectivity index (χ1n) is 8.31. The Kier molecular flexibility index (Phi) is 6.62. The lowest BCUT2D eigenvalue weighted by Gasteiger charge is -2.35. The van der Waals surface area contributed by atoms with Crippen molar-refractivity contribution in [3.63, 3.8) is 0 Å². The molecule has 2 aliphatic rings. The van der Waals surface area contributed by atoms with E-state index in [-0.39, 0.29) is 0 Å². The van der Waals surface area contributed by atoms with E-state index in [4.69, 9.17) is 4.74 Å². The third-order valence-electron chi connectivity index (χ3n) is 4.59. The number of nitrogens with zero attached hydrogens (tertiary/aromatic N) is 1. The summed E-state index contributed by atoms with van der Waals surface area (Å²) in [6.07, 6.45) is 9.45. The molecule has 0 saturated heterocycles. The summed E-state index contributed by atoms with van der Waals surface area (Å²) in [7, 11) is 2.27. The maximum atomic E-state index is 5.75. The molecule has 0 spiro atoms. The molecule has 19 heavy (non-hydrogen) atoms. The quantitative estimate of drug-likeness (QED) is 0.651. The van der Waals surface area contributed by atoms with Gasteiger partial charge in [-0.1, -0.05) is 13.3 Å². The van der Waals surface area contributed by atoms with Gasteiger partial charge in [0.2, 0.25) is 0 Å². The molecule has 0 aromatic heterocycles. The third kappa shape index (κ3) is 5.80. The molecule has 0 bridgehead atoms. The monoisotopic (exact) mass is 268 g/mol. The normalized spacial score (nSPS) is 27.9. The first-order valence-corrected chi connectivity index (χ1v) is 8.31. The van der Waals surface area contributed by atoms with Gasteiger partial charge in [0.15, 0.2) is 0 Å². The molecule has 3 nitrogen and oxygen atoms in total. The van der Waals surface area contributed by atoms with Crippen LogP contribution in [0.2, 0.25) is 0 Å². The second kappa shape index (κ2) is 8.23. The van der Waals surface area contributed by atoms with Gasteiger partial charge in [0, 0.05) is 25.2 Å². The highest BCUT2D eigenvalue weighted by Gasteiger charge is 2.24. The minimum Gasteiger partial charge on any atom is -0.380 e. The van der Waals surface area contributed by atoms with Gasteiger partial charge in [-0.3, -0.25) is 0 Å². The Morgan fingerprint density at radius 3 is 2.79 bits per heavy atom. The molecule has 2 unspecified atom stereocenters. The van der Waals surface area contributed by atoms with Crippen molar-refractivity contribution in [1.82, 2.24) is 10.2 Å². The van der Waals surface area contributed by atoms with Gasteiger partial charge in [0.1, 0.15) is 0 Å². The lowest BCUT2D eigenvalue weighted by molar-refractivity contribution is 0.0802. The first kappa shape index (κ1) is 15.3. The Hall–Kier alpha value is -0.120. The highest BCUT2D eigenvalue weighted by molar-refractivity contribution is 4.82. The van der Waals surface area contributed by atoms with Gasteiger partial charge in [0.05, 0.1) is 6.61 Å². The average molecular weight is 268 g/mol. The molecular formula is C16H32N2O. The lowest BCUT2D eigenvalue weighted by Crippen LogP contribution is -2.44. The maximum Gasteiger partial charge on any atom is 0.0593 e. The number of hydrogen-bond donors (Lipinski definition) is 1. The zero-order valence-electron chi connectivity index (χ0n) is 12.9. The molecule has 0 aromatic rings. The van der Waals surface area contributed by atoms with Crippen LogP contribution in [0.1, 0.15) is 51.9 Å². The molecule has 2 fully saturated rings. The molecule has 0 aromatic carbocycles. The summed E-state index contributed by atoms with van der Waals surface area (Å²) in [5.74, 6) is 0.891. The molecule has 0 amide bonds. The molecule has 0 radical (unpaired) electrons. The lowest BCUT2D eigenvalue weighted by atomic mass is 9.90. The fourth-order valence-corrected chi connectivity index (χ4v) is 3.02. The van der Waals surface area contributed by atoms with Crippen LogP contribution in [0, 0.1) is 5.92 Å². The number of ether oxygens (including phenoxy) is 1. The van der Waals surface area contributed by atoms with Gasteiger partial charge >= 0.3 is 0 Å². The van der Waals surface area contributed by atoms with E-state index in [0.717, 1.165) is 37.8 Å². The van der Waals surface area contributed by atoms with E-state index in [1.165, 1.54) is 51.5 Å². The van der Waals surface area contributed by atoms with Gasteiger partial charge in [-0.05, 0) is 58.0 Å². The smallest absolute Gasteiger partial charge is 0.0593 e. The number of rotatable bonds is 9. The number of hydrogen-bond acceptors (Lipinski definition) is 3. The predicted octanol–water partition coefficient (Wildman–Crippen LogP) is 2.66. The van der Waals surface area contributed by atoms with Crippen LogP contribution in [0.3, 0.4) is 0 Å².